The quantitative estimate of drug-likeness (QED) is 0.896. The van der Waals surface area contributed by atoms with Crippen molar-refractivity contribution in [3.8, 4) is 0 Å². The molecule has 0 aliphatic rings. The van der Waals surface area contributed by atoms with Crippen molar-refractivity contribution >= 4 is 48.9 Å². The highest BCUT2D eigenvalue weighted by molar-refractivity contribution is 9.13. The second-order valence-electron chi connectivity index (χ2n) is 2.93. The largest absolute Gasteiger partial charge is 0.379 e. The fourth-order valence-electron chi connectivity index (χ4n) is 1.14. The molecule has 0 spiro atoms. The highest BCUT2D eigenvalue weighted by Gasteiger charge is 2.03. The first-order valence-corrected chi connectivity index (χ1v) is 6.73. The first-order chi connectivity index (χ1) is 7.25. The van der Waals surface area contributed by atoms with Gasteiger partial charge in [-0.3, -0.25) is 4.98 Å². The highest BCUT2D eigenvalue weighted by atomic mass is 79.9. The lowest BCUT2D eigenvalue weighted by atomic mass is 10.4. The zero-order valence-corrected chi connectivity index (χ0v) is 11.7. The summed E-state index contributed by atoms with van der Waals surface area (Å²) < 4.78 is 2.24. The Labute approximate surface area is 109 Å². The maximum atomic E-state index is 4.04. The Morgan fingerprint density at radius 3 is 2.87 bits per heavy atom. The van der Waals surface area contributed by atoms with Crippen molar-refractivity contribution in [2.75, 3.05) is 5.32 Å². The molecule has 0 bridgehead atoms. The Hall–Kier alpha value is -0.390. The predicted octanol–water partition coefficient (Wildman–Crippen LogP) is 4.28. The van der Waals surface area contributed by atoms with Crippen LogP contribution in [-0.4, -0.2) is 4.98 Å². The molecule has 0 radical (unpaired) electrons. The van der Waals surface area contributed by atoms with E-state index >= 15 is 0 Å². The highest BCUT2D eigenvalue weighted by Crippen LogP contribution is 2.32. The van der Waals surface area contributed by atoms with Crippen molar-refractivity contribution in [3.05, 3.63) is 43.7 Å². The molecular formula is C10H8Br2N2S. The van der Waals surface area contributed by atoms with E-state index in [0.717, 1.165) is 20.5 Å². The van der Waals surface area contributed by atoms with Gasteiger partial charge in [-0.2, -0.15) is 0 Å². The molecule has 0 atom stereocenters. The molecule has 0 saturated carbocycles. The first-order valence-electron chi connectivity index (χ1n) is 4.33. The maximum absolute atomic E-state index is 4.04. The molecule has 0 amide bonds. The third-order valence-electron chi connectivity index (χ3n) is 1.82. The van der Waals surface area contributed by atoms with E-state index in [1.165, 1.54) is 4.88 Å². The summed E-state index contributed by atoms with van der Waals surface area (Å²) >= 11 is 8.66. The van der Waals surface area contributed by atoms with E-state index in [-0.39, 0.29) is 0 Å². The molecule has 0 unspecified atom stereocenters. The van der Waals surface area contributed by atoms with Crippen LogP contribution in [0.2, 0.25) is 0 Å². The molecule has 5 heteroatoms. The number of nitrogens with zero attached hydrogens (tertiary/aromatic N) is 1. The molecule has 2 aromatic heterocycles. The summed E-state index contributed by atoms with van der Waals surface area (Å²) in [5.41, 5.74) is 1.04. The van der Waals surface area contributed by atoms with Gasteiger partial charge in [0, 0.05) is 28.3 Å². The van der Waals surface area contributed by atoms with E-state index in [2.05, 4.69) is 48.2 Å². The number of rotatable bonds is 3. The summed E-state index contributed by atoms with van der Waals surface area (Å²) in [7, 11) is 0. The number of pyridine rings is 1. The predicted molar refractivity (Wildman–Crippen MR) is 71.3 cm³/mol. The van der Waals surface area contributed by atoms with E-state index in [1.54, 1.807) is 17.5 Å². The summed E-state index contributed by atoms with van der Waals surface area (Å²) in [5, 5.41) is 3.31. The second kappa shape index (κ2) is 5.09. The van der Waals surface area contributed by atoms with Crippen molar-refractivity contribution in [3.63, 3.8) is 0 Å². The van der Waals surface area contributed by atoms with Crippen LogP contribution in [0.25, 0.3) is 0 Å². The lowest BCUT2D eigenvalue weighted by Gasteiger charge is -2.02. The van der Waals surface area contributed by atoms with Gasteiger partial charge in [0.25, 0.3) is 0 Å². The van der Waals surface area contributed by atoms with Crippen molar-refractivity contribution < 1.29 is 0 Å². The Bertz CT molecular complexity index is 422. The van der Waals surface area contributed by atoms with Crippen molar-refractivity contribution in [1.82, 2.24) is 4.98 Å². The summed E-state index contributed by atoms with van der Waals surface area (Å²) in [5.74, 6) is 0. The fourth-order valence-corrected chi connectivity index (χ4v) is 3.25. The van der Waals surface area contributed by atoms with Crippen LogP contribution in [0.1, 0.15) is 4.88 Å². The van der Waals surface area contributed by atoms with Crippen LogP contribution in [0.4, 0.5) is 5.69 Å². The molecule has 0 aliphatic heterocycles. The average molecular weight is 348 g/mol. The Morgan fingerprint density at radius 1 is 1.40 bits per heavy atom. The fraction of sp³-hybridized carbons (Fsp3) is 0.100. The summed E-state index contributed by atoms with van der Waals surface area (Å²) in [6.45, 7) is 0.820. The molecule has 15 heavy (non-hydrogen) atoms. The standard InChI is InChI=1S/C10H8Br2N2S/c11-9-4-8(15-10(9)12)6-14-7-2-1-3-13-5-7/h1-5,14H,6H2. The molecule has 2 nitrogen and oxygen atoms in total. The molecule has 0 aliphatic carbocycles. The van der Waals surface area contributed by atoms with Crippen LogP contribution in [0.3, 0.4) is 0 Å². The van der Waals surface area contributed by atoms with E-state index in [1.807, 2.05) is 18.3 Å². The van der Waals surface area contributed by atoms with Gasteiger partial charge in [0.1, 0.15) is 0 Å². The topological polar surface area (TPSA) is 24.9 Å². The Kier molecular flexibility index (Phi) is 3.77. The number of hydrogen-bond acceptors (Lipinski definition) is 3. The van der Waals surface area contributed by atoms with Gasteiger partial charge in [-0.25, -0.2) is 0 Å². The Morgan fingerprint density at radius 2 is 2.27 bits per heavy atom. The maximum Gasteiger partial charge on any atom is 0.0843 e. The monoisotopic (exact) mass is 346 g/mol. The minimum absolute atomic E-state index is 0.820. The van der Waals surface area contributed by atoms with Gasteiger partial charge < -0.3 is 5.32 Å². The van der Waals surface area contributed by atoms with Crippen molar-refractivity contribution in [1.29, 1.82) is 0 Å². The van der Waals surface area contributed by atoms with Gasteiger partial charge in [-0.15, -0.1) is 11.3 Å². The number of halogens is 2. The molecule has 0 fully saturated rings. The number of thiophene rings is 1. The molecule has 78 valence electrons. The molecule has 0 aromatic carbocycles. The third kappa shape index (κ3) is 3.03. The average Bonchev–Trinajstić information content (AvgIpc) is 2.57. The van der Waals surface area contributed by atoms with Gasteiger partial charge in [0.05, 0.1) is 9.47 Å². The Balaban J connectivity index is 1.99. The van der Waals surface area contributed by atoms with E-state index < -0.39 is 0 Å². The molecule has 2 aromatic rings. The van der Waals surface area contributed by atoms with Gasteiger partial charge in [0.2, 0.25) is 0 Å². The minimum Gasteiger partial charge on any atom is -0.379 e. The van der Waals surface area contributed by atoms with Crippen LogP contribution in [0.5, 0.6) is 0 Å². The smallest absolute Gasteiger partial charge is 0.0843 e. The van der Waals surface area contributed by atoms with E-state index in [0.29, 0.717) is 0 Å². The van der Waals surface area contributed by atoms with Gasteiger partial charge in [-0.1, -0.05) is 0 Å². The number of hydrogen-bond donors (Lipinski definition) is 1. The number of anilines is 1. The van der Waals surface area contributed by atoms with Crippen LogP contribution < -0.4 is 5.32 Å². The number of aromatic nitrogens is 1. The van der Waals surface area contributed by atoms with Gasteiger partial charge in [0.15, 0.2) is 0 Å². The van der Waals surface area contributed by atoms with Crippen LogP contribution in [0, 0.1) is 0 Å². The third-order valence-corrected chi connectivity index (χ3v) is 5.08. The van der Waals surface area contributed by atoms with Gasteiger partial charge in [-0.05, 0) is 50.1 Å². The van der Waals surface area contributed by atoms with Crippen molar-refractivity contribution in [2.45, 2.75) is 6.54 Å². The van der Waals surface area contributed by atoms with Gasteiger partial charge >= 0.3 is 0 Å². The molecular weight excluding hydrogens is 340 g/mol. The number of nitrogens with one attached hydrogen (secondary N) is 1. The normalized spacial score (nSPS) is 10.3. The van der Waals surface area contributed by atoms with Crippen LogP contribution in [0.15, 0.2) is 38.9 Å². The summed E-state index contributed by atoms with van der Waals surface area (Å²) in [4.78, 5) is 5.32. The summed E-state index contributed by atoms with van der Waals surface area (Å²) in [6.07, 6.45) is 3.58. The SMILES string of the molecule is Brc1cc(CNc2cccnc2)sc1Br. The zero-order chi connectivity index (χ0) is 10.7. The minimum atomic E-state index is 0.820. The first kappa shape index (κ1) is 11.1. The molecule has 1 N–H and O–H groups in total. The van der Waals surface area contributed by atoms with E-state index in [4.69, 9.17) is 0 Å². The molecule has 2 rings (SSSR count). The zero-order valence-electron chi connectivity index (χ0n) is 7.71. The van der Waals surface area contributed by atoms with Crippen LogP contribution in [-0.2, 0) is 6.54 Å². The van der Waals surface area contributed by atoms with Crippen molar-refractivity contribution in [2.24, 2.45) is 0 Å². The lowest BCUT2D eigenvalue weighted by molar-refractivity contribution is 1.17. The lowest BCUT2D eigenvalue weighted by Crippen LogP contribution is -1.96. The molecule has 0 saturated heterocycles. The summed E-state index contributed by atoms with van der Waals surface area (Å²) in [6, 6.07) is 6.03. The second-order valence-corrected chi connectivity index (χ2v) is 6.24. The van der Waals surface area contributed by atoms with Crippen LogP contribution >= 0.6 is 43.2 Å². The van der Waals surface area contributed by atoms with E-state index in [9.17, 15) is 0 Å². The molecule has 2 heterocycles.